The summed E-state index contributed by atoms with van der Waals surface area (Å²) in [4.78, 5) is 18.5. The Labute approximate surface area is 170 Å². The maximum atomic E-state index is 12.7. The second kappa shape index (κ2) is 8.49. The number of nitrogens with zero attached hydrogens (tertiary/aromatic N) is 4. The Bertz CT molecular complexity index is 828. The second-order valence-corrected chi connectivity index (χ2v) is 8.77. The number of hydrogen-bond donors (Lipinski definition) is 1. The molecule has 2 aliphatic rings. The second-order valence-electron chi connectivity index (χ2n) is 7.79. The number of aromatic nitrogens is 2. The Morgan fingerprint density at radius 2 is 2.21 bits per heavy atom. The number of piperidine rings is 1. The van der Waals surface area contributed by atoms with Gasteiger partial charge in [-0.15, -0.1) is 11.3 Å². The van der Waals surface area contributed by atoms with E-state index in [0.29, 0.717) is 18.5 Å². The van der Waals surface area contributed by atoms with Crippen LogP contribution in [0.4, 0.5) is 4.79 Å². The predicted octanol–water partition coefficient (Wildman–Crippen LogP) is 3.36. The van der Waals surface area contributed by atoms with Crippen LogP contribution < -0.4 is 5.32 Å². The van der Waals surface area contributed by atoms with Crippen molar-refractivity contribution >= 4 is 22.9 Å². The molecule has 2 aromatic heterocycles. The normalized spacial score (nSPS) is 23.5. The molecule has 2 atom stereocenters. The first-order chi connectivity index (χ1) is 13.6. The average molecular weight is 400 g/mol. The van der Waals surface area contributed by atoms with Gasteiger partial charge in [0.2, 0.25) is 0 Å². The van der Waals surface area contributed by atoms with Crippen LogP contribution in [0.25, 0.3) is 5.57 Å². The van der Waals surface area contributed by atoms with Gasteiger partial charge in [-0.25, -0.2) is 4.79 Å². The Morgan fingerprint density at radius 1 is 1.32 bits per heavy atom. The number of likely N-dealkylation sites (tertiary alicyclic amines) is 1. The number of thiophene rings is 1. The van der Waals surface area contributed by atoms with Crippen LogP contribution in [0.5, 0.6) is 0 Å². The zero-order valence-corrected chi connectivity index (χ0v) is 17.5. The first kappa shape index (κ1) is 19.2. The zero-order valence-electron chi connectivity index (χ0n) is 16.7. The van der Waals surface area contributed by atoms with E-state index in [1.807, 2.05) is 40.2 Å². The zero-order chi connectivity index (χ0) is 19.5. The van der Waals surface area contributed by atoms with Crippen LogP contribution in [-0.2, 0) is 7.05 Å². The highest BCUT2D eigenvalue weighted by molar-refractivity contribution is 7.10. The maximum Gasteiger partial charge on any atom is 0.317 e. The minimum absolute atomic E-state index is 0.0541. The lowest BCUT2D eigenvalue weighted by Gasteiger charge is -2.39. The molecule has 4 rings (SSSR count). The number of urea groups is 1. The molecular weight excluding hydrogens is 370 g/mol. The third-order valence-corrected chi connectivity index (χ3v) is 6.95. The minimum atomic E-state index is 0.0541. The molecule has 2 aliphatic heterocycles. The van der Waals surface area contributed by atoms with Crippen molar-refractivity contribution in [3.05, 3.63) is 46.4 Å². The molecule has 0 aliphatic carbocycles. The van der Waals surface area contributed by atoms with Crippen molar-refractivity contribution in [1.82, 2.24) is 24.9 Å². The molecular formula is C21H29N5OS. The third-order valence-electron chi connectivity index (χ3n) is 6.00. The lowest BCUT2D eigenvalue weighted by atomic mass is 9.88. The van der Waals surface area contributed by atoms with E-state index < -0.39 is 0 Å². The molecule has 28 heavy (non-hydrogen) atoms. The van der Waals surface area contributed by atoms with Crippen LogP contribution in [-0.4, -0.2) is 58.8 Å². The van der Waals surface area contributed by atoms with E-state index in [1.54, 1.807) is 0 Å². The standard InChI is InChI=1S/C21H29N5OS/c1-24-11-3-5-17(20(24)19-6-4-14-28-19)15-22-21(27)26-12-8-16(9-13-26)18-7-10-23-25(18)2/h4,6-8,10,14,17,20H,3,5,9,11-13,15H2,1-2H3,(H,22,27). The first-order valence-corrected chi connectivity index (χ1v) is 11.0. The lowest BCUT2D eigenvalue weighted by Crippen LogP contribution is -2.46. The van der Waals surface area contributed by atoms with Crippen LogP contribution >= 0.6 is 11.3 Å². The van der Waals surface area contributed by atoms with Crippen molar-refractivity contribution in [2.45, 2.75) is 25.3 Å². The fourth-order valence-electron chi connectivity index (χ4n) is 4.49. The van der Waals surface area contributed by atoms with Crippen molar-refractivity contribution in [2.24, 2.45) is 13.0 Å². The molecule has 0 saturated carbocycles. The van der Waals surface area contributed by atoms with Gasteiger partial charge in [0.1, 0.15) is 0 Å². The summed E-state index contributed by atoms with van der Waals surface area (Å²) in [5.41, 5.74) is 2.42. The van der Waals surface area contributed by atoms with Gasteiger partial charge in [-0.1, -0.05) is 12.1 Å². The Kier molecular flexibility index (Phi) is 5.82. The van der Waals surface area contributed by atoms with Crippen molar-refractivity contribution < 1.29 is 4.79 Å². The Hall–Kier alpha value is -2.12. The maximum absolute atomic E-state index is 12.7. The number of aryl methyl sites for hydroxylation is 1. The van der Waals surface area contributed by atoms with E-state index in [2.05, 4.69) is 46.0 Å². The molecule has 0 bridgehead atoms. The minimum Gasteiger partial charge on any atom is -0.338 e. The summed E-state index contributed by atoms with van der Waals surface area (Å²) >= 11 is 1.82. The molecule has 2 unspecified atom stereocenters. The molecule has 2 amide bonds. The molecule has 150 valence electrons. The smallest absolute Gasteiger partial charge is 0.317 e. The quantitative estimate of drug-likeness (QED) is 0.858. The number of carbonyl (C=O) groups excluding carboxylic acids is 1. The first-order valence-electron chi connectivity index (χ1n) is 10.1. The monoisotopic (exact) mass is 399 g/mol. The van der Waals surface area contributed by atoms with Gasteiger partial charge >= 0.3 is 6.03 Å². The topological polar surface area (TPSA) is 53.4 Å². The fraction of sp³-hybridized carbons (Fsp3) is 0.524. The number of carbonyl (C=O) groups is 1. The van der Waals surface area contributed by atoms with Gasteiger partial charge in [0.15, 0.2) is 0 Å². The number of rotatable bonds is 4. The van der Waals surface area contributed by atoms with Gasteiger partial charge in [0.25, 0.3) is 0 Å². The summed E-state index contributed by atoms with van der Waals surface area (Å²) in [7, 11) is 4.16. The van der Waals surface area contributed by atoms with Crippen molar-refractivity contribution in [2.75, 3.05) is 33.2 Å². The van der Waals surface area contributed by atoms with Crippen molar-refractivity contribution in [3.8, 4) is 0 Å². The molecule has 6 nitrogen and oxygen atoms in total. The summed E-state index contributed by atoms with van der Waals surface area (Å²) in [5.74, 6) is 0.465. The number of nitrogens with one attached hydrogen (secondary N) is 1. The molecule has 7 heteroatoms. The molecule has 0 aromatic carbocycles. The number of hydrogen-bond acceptors (Lipinski definition) is 4. The van der Waals surface area contributed by atoms with Crippen molar-refractivity contribution in [1.29, 1.82) is 0 Å². The van der Waals surface area contributed by atoms with Crippen LogP contribution in [0.2, 0.25) is 0 Å². The van der Waals surface area contributed by atoms with E-state index in [0.717, 1.165) is 38.2 Å². The lowest BCUT2D eigenvalue weighted by molar-refractivity contribution is 0.121. The van der Waals surface area contributed by atoms with Gasteiger partial charge in [0, 0.05) is 43.8 Å². The van der Waals surface area contributed by atoms with E-state index in [1.165, 1.54) is 16.9 Å². The highest BCUT2D eigenvalue weighted by atomic mass is 32.1. The molecule has 1 N–H and O–H groups in total. The largest absolute Gasteiger partial charge is 0.338 e. The molecule has 4 heterocycles. The highest BCUT2D eigenvalue weighted by Gasteiger charge is 2.31. The van der Waals surface area contributed by atoms with E-state index in [9.17, 15) is 4.79 Å². The van der Waals surface area contributed by atoms with E-state index in [4.69, 9.17) is 0 Å². The molecule has 1 fully saturated rings. The van der Waals surface area contributed by atoms with Crippen LogP contribution in [0.15, 0.2) is 35.9 Å². The van der Waals surface area contributed by atoms with Gasteiger partial charge in [-0.2, -0.15) is 5.10 Å². The molecule has 2 aromatic rings. The molecule has 0 spiro atoms. The fourth-order valence-corrected chi connectivity index (χ4v) is 5.47. The van der Waals surface area contributed by atoms with Crippen LogP contribution in [0.3, 0.4) is 0 Å². The van der Waals surface area contributed by atoms with Crippen molar-refractivity contribution in [3.63, 3.8) is 0 Å². The summed E-state index contributed by atoms with van der Waals surface area (Å²) in [5, 5.41) is 9.60. The van der Waals surface area contributed by atoms with Gasteiger partial charge in [-0.05, 0) is 61.9 Å². The molecule has 0 radical (unpaired) electrons. The average Bonchev–Trinajstić information content (AvgIpc) is 3.38. The Morgan fingerprint density at radius 3 is 2.89 bits per heavy atom. The number of amides is 2. The third kappa shape index (κ3) is 4.00. The van der Waals surface area contributed by atoms with Crippen LogP contribution in [0.1, 0.15) is 35.9 Å². The highest BCUT2D eigenvalue weighted by Crippen LogP contribution is 2.36. The summed E-state index contributed by atoms with van der Waals surface area (Å²) in [6, 6.07) is 6.84. The molecule has 1 saturated heterocycles. The Balaban J connectivity index is 1.34. The van der Waals surface area contributed by atoms with Crippen LogP contribution in [0, 0.1) is 5.92 Å². The predicted molar refractivity (Wildman–Crippen MR) is 113 cm³/mol. The summed E-state index contributed by atoms with van der Waals surface area (Å²) in [6.07, 6.45) is 7.21. The SMILES string of the molecule is CN1CCCC(CNC(=O)N2CC=C(c3ccnn3C)CC2)C1c1cccs1. The van der Waals surface area contributed by atoms with E-state index in [-0.39, 0.29) is 6.03 Å². The van der Waals surface area contributed by atoms with Gasteiger partial charge in [0.05, 0.1) is 5.69 Å². The van der Waals surface area contributed by atoms with Gasteiger partial charge < -0.3 is 10.2 Å². The van der Waals surface area contributed by atoms with Gasteiger partial charge in [-0.3, -0.25) is 9.58 Å². The summed E-state index contributed by atoms with van der Waals surface area (Å²) < 4.78 is 1.89. The summed E-state index contributed by atoms with van der Waals surface area (Å²) in [6.45, 7) is 3.27. The van der Waals surface area contributed by atoms with E-state index >= 15 is 0 Å².